The lowest BCUT2D eigenvalue weighted by Crippen LogP contribution is -2.28. The Balaban J connectivity index is 1.29. The van der Waals surface area contributed by atoms with E-state index in [2.05, 4.69) is 15.1 Å². The van der Waals surface area contributed by atoms with Gasteiger partial charge in [-0.25, -0.2) is 9.50 Å². The number of hydrogen-bond donors (Lipinski definition) is 1. The van der Waals surface area contributed by atoms with Crippen molar-refractivity contribution in [3.05, 3.63) is 65.2 Å². The van der Waals surface area contributed by atoms with Crippen molar-refractivity contribution in [3.63, 3.8) is 0 Å². The number of alkyl halides is 3. The second-order valence-corrected chi connectivity index (χ2v) is 8.30. The number of para-hydroxylation sites is 1. The van der Waals surface area contributed by atoms with Crippen molar-refractivity contribution in [3.8, 4) is 0 Å². The van der Waals surface area contributed by atoms with Gasteiger partial charge >= 0.3 is 6.18 Å². The van der Waals surface area contributed by atoms with Gasteiger partial charge < -0.3 is 9.88 Å². The molecule has 0 saturated carbocycles. The molecule has 0 bridgehead atoms. The van der Waals surface area contributed by atoms with Crippen LogP contribution in [0, 0.1) is 6.92 Å². The first-order valence-electron chi connectivity index (χ1n) is 10.6. The Labute approximate surface area is 182 Å². The second-order valence-electron chi connectivity index (χ2n) is 8.30. The molecule has 1 saturated heterocycles. The van der Waals surface area contributed by atoms with Crippen LogP contribution in [-0.4, -0.2) is 43.5 Å². The SMILES string of the molecule is Cc1cc(C(F)(F)F)n2nc([C@@H]3CCN(C(=O)CCc4c[nH]c5ccccc45)C3)cc2n1. The Morgan fingerprint density at radius 1 is 1.25 bits per heavy atom. The van der Waals surface area contributed by atoms with Crippen LogP contribution in [0.3, 0.4) is 0 Å². The van der Waals surface area contributed by atoms with Crippen LogP contribution < -0.4 is 0 Å². The minimum Gasteiger partial charge on any atom is -0.361 e. The highest BCUT2D eigenvalue weighted by Gasteiger charge is 2.36. The normalized spacial score (nSPS) is 17.0. The van der Waals surface area contributed by atoms with E-state index in [4.69, 9.17) is 0 Å². The zero-order valence-electron chi connectivity index (χ0n) is 17.5. The molecule has 0 unspecified atom stereocenters. The molecule has 9 heteroatoms. The number of carbonyl (C=O) groups excluding carboxylic acids is 1. The fourth-order valence-electron chi connectivity index (χ4n) is 4.49. The Kier molecular flexibility index (Phi) is 4.91. The van der Waals surface area contributed by atoms with E-state index in [0.29, 0.717) is 38.0 Å². The van der Waals surface area contributed by atoms with E-state index in [1.165, 1.54) is 6.92 Å². The number of nitrogens with one attached hydrogen (secondary N) is 1. The molecule has 1 aliphatic rings. The number of halogens is 3. The number of aromatic nitrogens is 4. The summed E-state index contributed by atoms with van der Waals surface area (Å²) in [4.78, 5) is 22.0. The number of amides is 1. The molecule has 3 aromatic heterocycles. The molecule has 6 nitrogen and oxygen atoms in total. The van der Waals surface area contributed by atoms with Crippen LogP contribution in [0.5, 0.6) is 0 Å². The highest BCUT2D eigenvalue weighted by molar-refractivity contribution is 5.84. The van der Waals surface area contributed by atoms with E-state index < -0.39 is 11.9 Å². The average molecular weight is 441 g/mol. The predicted octanol–water partition coefficient (Wildman–Crippen LogP) is 4.49. The maximum atomic E-state index is 13.4. The summed E-state index contributed by atoms with van der Waals surface area (Å²) in [6, 6.07) is 10.6. The van der Waals surface area contributed by atoms with Gasteiger partial charge in [0.1, 0.15) is 5.69 Å². The van der Waals surface area contributed by atoms with Crippen LogP contribution in [0.25, 0.3) is 16.6 Å². The molecule has 0 radical (unpaired) electrons. The zero-order valence-corrected chi connectivity index (χ0v) is 17.5. The van der Waals surface area contributed by atoms with Gasteiger partial charge in [0, 0.05) is 54.3 Å². The molecule has 1 amide bonds. The van der Waals surface area contributed by atoms with Gasteiger partial charge in [0.25, 0.3) is 0 Å². The number of likely N-dealkylation sites (tertiary alicyclic amines) is 1. The molecule has 32 heavy (non-hydrogen) atoms. The Morgan fingerprint density at radius 3 is 2.88 bits per heavy atom. The van der Waals surface area contributed by atoms with Gasteiger partial charge in [-0.1, -0.05) is 18.2 Å². The first-order chi connectivity index (χ1) is 15.3. The van der Waals surface area contributed by atoms with Crippen molar-refractivity contribution in [1.82, 2.24) is 24.5 Å². The van der Waals surface area contributed by atoms with Crippen molar-refractivity contribution in [2.45, 2.75) is 38.3 Å². The molecule has 1 atom stereocenters. The highest BCUT2D eigenvalue weighted by atomic mass is 19.4. The topological polar surface area (TPSA) is 66.3 Å². The van der Waals surface area contributed by atoms with Crippen molar-refractivity contribution in [2.24, 2.45) is 0 Å². The summed E-state index contributed by atoms with van der Waals surface area (Å²) in [7, 11) is 0. The maximum absolute atomic E-state index is 13.4. The highest BCUT2D eigenvalue weighted by Crippen LogP contribution is 2.32. The molecule has 1 N–H and O–H groups in total. The molecule has 1 aromatic carbocycles. The molecule has 166 valence electrons. The molecular formula is C23H22F3N5O. The van der Waals surface area contributed by atoms with Gasteiger partial charge in [-0.3, -0.25) is 4.79 Å². The summed E-state index contributed by atoms with van der Waals surface area (Å²) in [5, 5.41) is 5.33. The summed E-state index contributed by atoms with van der Waals surface area (Å²) < 4.78 is 41.1. The molecule has 1 aliphatic heterocycles. The molecular weight excluding hydrogens is 419 g/mol. The lowest BCUT2D eigenvalue weighted by molar-refractivity contribution is -0.142. The van der Waals surface area contributed by atoms with Gasteiger partial charge in [-0.15, -0.1) is 0 Å². The fourth-order valence-corrected chi connectivity index (χ4v) is 4.49. The summed E-state index contributed by atoms with van der Waals surface area (Å²) in [6.07, 6.45) is -0.887. The predicted molar refractivity (Wildman–Crippen MR) is 113 cm³/mol. The molecule has 4 aromatic rings. The molecule has 5 rings (SSSR count). The van der Waals surface area contributed by atoms with Crippen LogP contribution in [0.15, 0.2) is 42.6 Å². The number of H-pyrrole nitrogens is 1. The van der Waals surface area contributed by atoms with E-state index >= 15 is 0 Å². The minimum atomic E-state index is -4.52. The molecule has 0 spiro atoms. The number of nitrogens with zero attached hydrogens (tertiary/aromatic N) is 4. The number of carbonyl (C=O) groups is 1. The third-order valence-corrected chi connectivity index (χ3v) is 6.11. The average Bonchev–Trinajstić information content (AvgIpc) is 3.48. The third kappa shape index (κ3) is 3.72. The summed E-state index contributed by atoms with van der Waals surface area (Å²) >= 11 is 0. The van der Waals surface area contributed by atoms with E-state index in [-0.39, 0.29) is 23.2 Å². The lowest BCUT2D eigenvalue weighted by Gasteiger charge is -2.16. The fraction of sp³-hybridized carbons (Fsp3) is 0.348. The molecule has 1 fully saturated rings. The van der Waals surface area contributed by atoms with Gasteiger partial charge in [0.2, 0.25) is 5.91 Å². The third-order valence-electron chi connectivity index (χ3n) is 6.11. The summed E-state index contributed by atoms with van der Waals surface area (Å²) in [6.45, 7) is 2.56. The molecule has 4 heterocycles. The summed E-state index contributed by atoms with van der Waals surface area (Å²) in [5.74, 6) is -0.0541. The van der Waals surface area contributed by atoms with Crippen LogP contribution in [0.1, 0.15) is 41.4 Å². The number of rotatable bonds is 4. The standard InChI is InChI=1S/C23H22F3N5O/c1-14-10-20(23(24,25)26)31-21(28-14)11-19(29-31)16-8-9-30(13-16)22(32)7-6-15-12-27-18-5-3-2-4-17(15)18/h2-5,10-12,16,27H,6-9,13H2,1H3/t16-/m1/s1. The number of aryl methyl sites for hydroxylation is 2. The van der Waals surface area contributed by atoms with Crippen LogP contribution in [-0.2, 0) is 17.4 Å². The zero-order chi connectivity index (χ0) is 22.5. The van der Waals surface area contributed by atoms with Crippen molar-refractivity contribution in [1.29, 1.82) is 0 Å². The largest absolute Gasteiger partial charge is 0.433 e. The van der Waals surface area contributed by atoms with Crippen molar-refractivity contribution < 1.29 is 18.0 Å². The number of aromatic amines is 1. The number of fused-ring (bicyclic) bond motifs is 2. The Morgan fingerprint density at radius 2 is 2.06 bits per heavy atom. The van der Waals surface area contributed by atoms with Gasteiger partial charge in [0.15, 0.2) is 5.65 Å². The van der Waals surface area contributed by atoms with Crippen LogP contribution >= 0.6 is 0 Å². The van der Waals surface area contributed by atoms with Crippen molar-refractivity contribution in [2.75, 3.05) is 13.1 Å². The number of benzene rings is 1. The Bertz CT molecular complexity index is 1310. The minimum absolute atomic E-state index is 0.0477. The lowest BCUT2D eigenvalue weighted by atomic mass is 10.1. The Hall–Kier alpha value is -3.36. The van der Waals surface area contributed by atoms with E-state index in [1.54, 1.807) is 11.0 Å². The van der Waals surface area contributed by atoms with Gasteiger partial charge in [0.05, 0.1) is 5.69 Å². The quantitative estimate of drug-likeness (QED) is 0.508. The second kappa shape index (κ2) is 7.65. The number of hydrogen-bond acceptors (Lipinski definition) is 3. The summed E-state index contributed by atoms with van der Waals surface area (Å²) in [5.41, 5.74) is 2.32. The monoisotopic (exact) mass is 441 g/mol. The van der Waals surface area contributed by atoms with Crippen LogP contribution in [0.4, 0.5) is 13.2 Å². The van der Waals surface area contributed by atoms with E-state index in [1.807, 2.05) is 30.5 Å². The molecule has 0 aliphatic carbocycles. The van der Waals surface area contributed by atoms with E-state index in [9.17, 15) is 18.0 Å². The van der Waals surface area contributed by atoms with Gasteiger partial charge in [-0.05, 0) is 37.5 Å². The van der Waals surface area contributed by atoms with Crippen molar-refractivity contribution >= 4 is 22.5 Å². The van der Waals surface area contributed by atoms with Crippen LogP contribution in [0.2, 0.25) is 0 Å². The maximum Gasteiger partial charge on any atom is 0.433 e. The first kappa shape index (κ1) is 20.5. The smallest absolute Gasteiger partial charge is 0.361 e. The van der Waals surface area contributed by atoms with E-state index in [0.717, 1.165) is 27.0 Å². The first-order valence-corrected chi connectivity index (χ1v) is 10.6. The van der Waals surface area contributed by atoms with Gasteiger partial charge in [-0.2, -0.15) is 18.3 Å².